The predicted molar refractivity (Wildman–Crippen MR) is 65.8 cm³/mol. The Kier molecular flexibility index (Phi) is 5.23. The van der Waals surface area contributed by atoms with Crippen LogP contribution in [0.4, 0.5) is 5.69 Å². The first-order valence-corrected chi connectivity index (χ1v) is 5.84. The number of terminal acetylenes is 1. The maximum Gasteiger partial charge on any atom is 0.354 e. The van der Waals surface area contributed by atoms with Crippen molar-refractivity contribution in [2.75, 3.05) is 23.4 Å². The molecule has 0 atom stereocenters. The van der Waals surface area contributed by atoms with Crippen LogP contribution in [0.3, 0.4) is 0 Å². The number of hydrogen-bond acceptors (Lipinski definition) is 4. The SMILES string of the molecule is C#CCSCCNc1ccc(C(=O)O)nc1. The van der Waals surface area contributed by atoms with E-state index < -0.39 is 5.97 Å². The Morgan fingerprint density at radius 2 is 2.44 bits per heavy atom. The van der Waals surface area contributed by atoms with Crippen molar-refractivity contribution >= 4 is 23.4 Å². The quantitative estimate of drug-likeness (QED) is 0.579. The van der Waals surface area contributed by atoms with Gasteiger partial charge in [-0.1, -0.05) is 5.92 Å². The largest absolute Gasteiger partial charge is 0.477 e. The Hall–Kier alpha value is -1.67. The third-order valence-electron chi connectivity index (χ3n) is 1.74. The summed E-state index contributed by atoms with van der Waals surface area (Å²) in [5.74, 6) is 3.14. The van der Waals surface area contributed by atoms with Crippen molar-refractivity contribution in [1.82, 2.24) is 4.98 Å². The van der Waals surface area contributed by atoms with E-state index in [2.05, 4.69) is 16.2 Å². The number of nitrogens with one attached hydrogen (secondary N) is 1. The maximum atomic E-state index is 10.5. The van der Waals surface area contributed by atoms with Gasteiger partial charge in [0.25, 0.3) is 0 Å². The summed E-state index contributed by atoms with van der Waals surface area (Å²) in [6, 6.07) is 3.17. The molecule has 0 bridgehead atoms. The molecule has 0 aliphatic heterocycles. The molecular weight excluding hydrogens is 224 g/mol. The third-order valence-corrected chi connectivity index (χ3v) is 2.61. The minimum absolute atomic E-state index is 0.0484. The highest BCUT2D eigenvalue weighted by atomic mass is 32.2. The lowest BCUT2D eigenvalue weighted by Gasteiger charge is -2.04. The topological polar surface area (TPSA) is 62.2 Å². The fourth-order valence-corrected chi connectivity index (χ4v) is 1.53. The van der Waals surface area contributed by atoms with Gasteiger partial charge in [-0.2, -0.15) is 0 Å². The molecule has 4 nitrogen and oxygen atoms in total. The number of carboxylic acids is 1. The molecule has 1 rings (SSSR count). The average molecular weight is 236 g/mol. The summed E-state index contributed by atoms with van der Waals surface area (Å²) in [5, 5.41) is 11.8. The van der Waals surface area contributed by atoms with Crippen molar-refractivity contribution in [2.45, 2.75) is 0 Å². The number of carbonyl (C=O) groups is 1. The molecule has 0 aliphatic carbocycles. The van der Waals surface area contributed by atoms with Gasteiger partial charge in [-0.05, 0) is 12.1 Å². The van der Waals surface area contributed by atoms with Crippen LogP contribution in [0.15, 0.2) is 18.3 Å². The number of thioether (sulfide) groups is 1. The Bertz CT molecular complexity index is 384. The van der Waals surface area contributed by atoms with Crippen LogP contribution in [0.1, 0.15) is 10.5 Å². The molecule has 0 amide bonds. The zero-order valence-corrected chi connectivity index (χ0v) is 9.46. The Balaban J connectivity index is 2.33. The van der Waals surface area contributed by atoms with Crippen molar-refractivity contribution in [2.24, 2.45) is 0 Å². The highest BCUT2D eigenvalue weighted by molar-refractivity contribution is 7.99. The molecule has 0 unspecified atom stereocenters. The van der Waals surface area contributed by atoms with Crippen molar-refractivity contribution in [3.63, 3.8) is 0 Å². The zero-order chi connectivity index (χ0) is 11.8. The van der Waals surface area contributed by atoms with Crippen molar-refractivity contribution in [3.8, 4) is 12.3 Å². The predicted octanol–water partition coefficient (Wildman–Crippen LogP) is 1.56. The first-order chi connectivity index (χ1) is 7.74. The van der Waals surface area contributed by atoms with E-state index in [0.717, 1.165) is 18.0 Å². The lowest BCUT2D eigenvalue weighted by molar-refractivity contribution is 0.0690. The second kappa shape index (κ2) is 6.75. The molecule has 1 aromatic rings. The number of pyridine rings is 1. The standard InChI is InChI=1S/C11H12N2O2S/c1-2-6-16-7-5-12-9-3-4-10(11(14)15)13-8-9/h1,3-4,8,12H,5-7H2,(H,14,15). The van der Waals surface area contributed by atoms with Gasteiger partial charge in [-0.25, -0.2) is 9.78 Å². The van der Waals surface area contributed by atoms with Crippen LogP contribution in [-0.4, -0.2) is 34.1 Å². The van der Waals surface area contributed by atoms with Gasteiger partial charge in [-0.3, -0.25) is 0 Å². The minimum Gasteiger partial charge on any atom is -0.477 e. The van der Waals surface area contributed by atoms with E-state index in [-0.39, 0.29) is 5.69 Å². The van der Waals surface area contributed by atoms with Gasteiger partial charge >= 0.3 is 5.97 Å². The lowest BCUT2D eigenvalue weighted by Crippen LogP contribution is -2.06. The van der Waals surface area contributed by atoms with Gasteiger partial charge in [-0.15, -0.1) is 18.2 Å². The first kappa shape index (κ1) is 12.4. The van der Waals surface area contributed by atoms with Crippen molar-refractivity contribution in [3.05, 3.63) is 24.0 Å². The van der Waals surface area contributed by atoms with Crippen LogP contribution >= 0.6 is 11.8 Å². The van der Waals surface area contributed by atoms with Gasteiger partial charge in [0.15, 0.2) is 0 Å². The number of nitrogens with zero attached hydrogens (tertiary/aromatic N) is 1. The molecule has 84 valence electrons. The van der Waals surface area contributed by atoms with E-state index in [1.54, 1.807) is 17.8 Å². The van der Waals surface area contributed by atoms with E-state index in [9.17, 15) is 4.79 Å². The second-order valence-electron chi connectivity index (χ2n) is 2.92. The molecule has 16 heavy (non-hydrogen) atoms. The summed E-state index contributed by atoms with van der Waals surface area (Å²) >= 11 is 1.67. The van der Waals surface area contributed by atoms with Crippen LogP contribution < -0.4 is 5.32 Å². The summed E-state index contributed by atoms with van der Waals surface area (Å²) < 4.78 is 0. The number of rotatable bonds is 6. The Morgan fingerprint density at radius 3 is 3.00 bits per heavy atom. The molecule has 0 saturated heterocycles. The molecule has 0 aliphatic rings. The van der Waals surface area contributed by atoms with Gasteiger partial charge in [0.2, 0.25) is 0 Å². The number of aromatic carboxylic acids is 1. The molecular formula is C11H12N2O2S. The summed E-state index contributed by atoms with van der Waals surface area (Å²) in [5.41, 5.74) is 0.860. The van der Waals surface area contributed by atoms with E-state index >= 15 is 0 Å². The van der Waals surface area contributed by atoms with E-state index in [4.69, 9.17) is 11.5 Å². The molecule has 0 aromatic carbocycles. The molecule has 0 saturated carbocycles. The van der Waals surface area contributed by atoms with Crippen LogP contribution in [-0.2, 0) is 0 Å². The molecule has 5 heteroatoms. The van der Waals surface area contributed by atoms with Gasteiger partial charge in [0, 0.05) is 12.3 Å². The average Bonchev–Trinajstić information content (AvgIpc) is 2.29. The molecule has 0 fully saturated rings. The highest BCUT2D eigenvalue weighted by Crippen LogP contribution is 2.06. The van der Waals surface area contributed by atoms with E-state index in [0.29, 0.717) is 5.75 Å². The minimum atomic E-state index is -1.02. The van der Waals surface area contributed by atoms with Gasteiger partial charge in [0.1, 0.15) is 5.69 Å². The summed E-state index contributed by atoms with van der Waals surface area (Å²) in [6.45, 7) is 0.778. The van der Waals surface area contributed by atoms with Crippen LogP contribution in [0.25, 0.3) is 0 Å². The first-order valence-electron chi connectivity index (χ1n) is 4.68. The fourth-order valence-electron chi connectivity index (χ4n) is 1.02. The van der Waals surface area contributed by atoms with Gasteiger partial charge in [0.05, 0.1) is 17.6 Å². The normalized spacial score (nSPS) is 9.44. The lowest BCUT2D eigenvalue weighted by atomic mass is 10.3. The zero-order valence-electron chi connectivity index (χ0n) is 8.64. The number of anilines is 1. The summed E-state index contributed by atoms with van der Waals surface area (Å²) in [6.07, 6.45) is 6.62. The number of aromatic nitrogens is 1. The van der Waals surface area contributed by atoms with Crippen molar-refractivity contribution < 1.29 is 9.90 Å². The number of carboxylic acid groups (broad SMARTS) is 1. The molecule has 0 radical (unpaired) electrons. The third kappa shape index (κ3) is 4.24. The van der Waals surface area contributed by atoms with E-state index in [1.807, 2.05) is 0 Å². The Morgan fingerprint density at radius 1 is 1.62 bits per heavy atom. The smallest absolute Gasteiger partial charge is 0.354 e. The van der Waals surface area contributed by atoms with Crippen LogP contribution in [0.5, 0.6) is 0 Å². The van der Waals surface area contributed by atoms with Crippen molar-refractivity contribution in [1.29, 1.82) is 0 Å². The monoisotopic (exact) mass is 236 g/mol. The summed E-state index contributed by atoms with van der Waals surface area (Å²) in [7, 11) is 0. The molecule has 1 aromatic heterocycles. The van der Waals surface area contributed by atoms with Crippen LogP contribution in [0.2, 0.25) is 0 Å². The highest BCUT2D eigenvalue weighted by Gasteiger charge is 2.02. The summed E-state index contributed by atoms with van der Waals surface area (Å²) in [4.78, 5) is 14.3. The maximum absolute atomic E-state index is 10.5. The van der Waals surface area contributed by atoms with Crippen LogP contribution in [0, 0.1) is 12.3 Å². The van der Waals surface area contributed by atoms with E-state index in [1.165, 1.54) is 12.3 Å². The molecule has 2 N–H and O–H groups in total. The second-order valence-corrected chi connectivity index (χ2v) is 4.03. The molecule has 0 spiro atoms. The van der Waals surface area contributed by atoms with Gasteiger partial charge < -0.3 is 10.4 Å². The fraction of sp³-hybridized carbons (Fsp3) is 0.273. The number of hydrogen-bond donors (Lipinski definition) is 2. The Labute approximate surface area is 98.5 Å². The molecule has 1 heterocycles.